The second kappa shape index (κ2) is 6.91. The van der Waals surface area contributed by atoms with Gasteiger partial charge in [-0.25, -0.2) is 9.59 Å². The first-order chi connectivity index (χ1) is 12.0. The number of fused-ring (bicyclic) bond motifs is 1. The quantitative estimate of drug-likeness (QED) is 0.475. The van der Waals surface area contributed by atoms with Crippen LogP contribution in [0.25, 0.3) is 5.76 Å². The van der Waals surface area contributed by atoms with E-state index in [0.717, 1.165) is 6.08 Å². The van der Waals surface area contributed by atoms with Crippen LogP contribution in [0, 0.1) is 0 Å². The van der Waals surface area contributed by atoms with Crippen molar-refractivity contribution in [3.8, 4) is 0 Å². The van der Waals surface area contributed by atoms with Gasteiger partial charge in [0.1, 0.15) is 5.76 Å². The van der Waals surface area contributed by atoms with Gasteiger partial charge in [-0.1, -0.05) is 29.8 Å². The summed E-state index contributed by atoms with van der Waals surface area (Å²) >= 11 is 5.78. The minimum Gasteiger partial charge on any atom is -0.451 e. The lowest BCUT2D eigenvalue weighted by atomic mass is 10.1. The highest BCUT2D eigenvalue weighted by Crippen LogP contribution is 2.29. The number of benzene rings is 2. The van der Waals surface area contributed by atoms with E-state index in [9.17, 15) is 14.4 Å². The zero-order valence-corrected chi connectivity index (χ0v) is 13.9. The van der Waals surface area contributed by atoms with Crippen molar-refractivity contribution >= 4 is 35.1 Å². The zero-order chi connectivity index (χ0) is 18.0. The maximum absolute atomic E-state index is 12.3. The summed E-state index contributed by atoms with van der Waals surface area (Å²) in [6, 6.07) is 13.0. The predicted molar refractivity (Wildman–Crippen MR) is 91.2 cm³/mol. The number of ether oxygens (including phenoxy) is 2. The van der Waals surface area contributed by atoms with Gasteiger partial charge < -0.3 is 9.47 Å². The molecule has 0 aromatic heterocycles. The Morgan fingerprint density at radius 3 is 2.40 bits per heavy atom. The van der Waals surface area contributed by atoms with Gasteiger partial charge in [-0.05, 0) is 37.3 Å². The van der Waals surface area contributed by atoms with Crippen molar-refractivity contribution in [1.29, 1.82) is 0 Å². The summed E-state index contributed by atoms with van der Waals surface area (Å²) in [5.41, 5.74) is 1.28. The van der Waals surface area contributed by atoms with Gasteiger partial charge >= 0.3 is 11.9 Å². The molecule has 0 saturated carbocycles. The smallest absolute Gasteiger partial charge is 0.344 e. The number of rotatable bonds is 4. The predicted octanol–water partition coefficient (Wildman–Crippen LogP) is 3.67. The van der Waals surface area contributed by atoms with E-state index in [1.54, 1.807) is 48.5 Å². The molecule has 0 N–H and O–H groups in total. The molecule has 0 spiro atoms. The Hall–Kier alpha value is -2.92. The summed E-state index contributed by atoms with van der Waals surface area (Å²) < 4.78 is 10.2. The number of carbonyl (C=O) groups excluding carboxylic acids is 3. The van der Waals surface area contributed by atoms with Crippen LogP contribution in [0.5, 0.6) is 0 Å². The first-order valence-electron chi connectivity index (χ1n) is 7.49. The van der Waals surface area contributed by atoms with Gasteiger partial charge in [0.2, 0.25) is 5.78 Å². The minimum atomic E-state index is -0.988. The maximum Gasteiger partial charge on any atom is 0.344 e. The average molecular weight is 357 g/mol. The number of esters is 2. The molecule has 0 fully saturated rings. The third kappa shape index (κ3) is 3.61. The maximum atomic E-state index is 12.3. The Kier molecular flexibility index (Phi) is 4.67. The van der Waals surface area contributed by atoms with Crippen LogP contribution >= 0.6 is 11.6 Å². The lowest BCUT2D eigenvalue weighted by Gasteiger charge is -2.11. The molecule has 0 unspecified atom stereocenters. The van der Waals surface area contributed by atoms with Crippen molar-refractivity contribution in [3.05, 3.63) is 76.3 Å². The minimum absolute atomic E-state index is 0.108. The van der Waals surface area contributed by atoms with Gasteiger partial charge in [0.25, 0.3) is 0 Å². The summed E-state index contributed by atoms with van der Waals surface area (Å²) in [6.45, 7) is 1.47. The van der Waals surface area contributed by atoms with E-state index in [1.165, 1.54) is 6.92 Å². The number of hydrogen-bond acceptors (Lipinski definition) is 5. The molecule has 3 rings (SSSR count). The van der Waals surface area contributed by atoms with Crippen molar-refractivity contribution in [1.82, 2.24) is 0 Å². The highest BCUT2D eigenvalue weighted by atomic mass is 35.5. The largest absolute Gasteiger partial charge is 0.451 e. The van der Waals surface area contributed by atoms with E-state index >= 15 is 0 Å². The normalized spacial score (nSPS) is 15.4. The molecule has 0 radical (unpaired) electrons. The third-order valence-corrected chi connectivity index (χ3v) is 3.91. The second-order valence-corrected chi connectivity index (χ2v) is 5.83. The molecule has 6 heteroatoms. The fourth-order valence-electron chi connectivity index (χ4n) is 2.41. The molecule has 126 valence electrons. The molecule has 0 amide bonds. The van der Waals surface area contributed by atoms with E-state index in [-0.39, 0.29) is 11.5 Å². The summed E-state index contributed by atoms with van der Waals surface area (Å²) in [6.07, 6.45) is 0.0768. The first-order valence-corrected chi connectivity index (χ1v) is 7.87. The number of Topliss-reactive ketones (excluding diaryl/α,β-unsaturated/α-hetero) is 1. The Morgan fingerprint density at radius 1 is 1.08 bits per heavy atom. The molecule has 1 aliphatic heterocycles. The topological polar surface area (TPSA) is 69.7 Å². The molecule has 5 nitrogen and oxygen atoms in total. The van der Waals surface area contributed by atoms with E-state index in [1.807, 2.05) is 0 Å². The fraction of sp³-hybridized carbons (Fsp3) is 0.105. The van der Waals surface area contributed by atoms with Crippen molar-refractivity contribution in [2.24, 2.45) is 0 Å². The van der Waals surface area contributed by atoms with Crippen LogP contribution < -0.4 is 0 Å². The number of carbonyl (C=O) groups is 3. The van der Waals surface area contributed by atoms with Crippen LogP contribution in [-0.2, 0) is 14.3 Å². The number of hydrogen-bond donors (Lipinski definition) is 0. The molecule has 0 bridgehead atoms. The second-order valence-electron chi connectivity index (χ2n) is 5.39. The van der Waals surface area contributed by atoms with Crippen LogP contribution in [0.1, 0.15) is 33.2 Å². The highest BCUT2D eigenvalue weighted by Gasteiger charge is 2.27. The van der Waals surface area contributed by atoms with Gasteiger partial charge in [-0.2, -0.15) is 0 Å². The van der Waals surface area contributed by atoms with Gasteiger partial charge in [0.05, 0.1) is 11.6 Å². The summed E-state index contributed by atoms with van der Waals surface area (Å²) in [5, 5.41) is 0.507. The lowest BCUT2D eigenvalue weighted by Crippen LogP contribution is -2.23. The molecule has 2 aromatic rings. The SMILES string of the molecule is C[C@H](OC(=O)/C=C1\OC(=O)c2ccccc21)C(=O)c1ccc(Cl)cc1. The van der Waals surface area contributed by atoms with Crippen LogP contribution in [0.4, 0.5) is 0 Å². The number of halogens is 1. The molecule has 1 atom stereocenters. The van der Waals surface area contributed by atoms with E-state index < -0.39 is 18.0 Å². The summed E-state index contributed by atoms with van der Waals surface area (Å²) in [4.78, 5) is 36.0. The van der Waals surface area contributed by atoms with Gasteiger partial charge in [0.15, 0.2) is 6.10 Å². The molecular weight excluding hydrogens is 344 g/mol. The van der Waals surface area contributed by atoms with Gasteiger partial charge in [-0.3, -0.25) is 4.79 Å². The van der Waals surface area contributed by atoms with E-state index in [2.05, 4.69) is 0 Å². The fourth-order valence-corrected chi connectivity index (χ4v) is 2.54. The van der Waals surface area contributed by atoms with Crippen LogP contribution in [0.3, 0.4) is 0 Å². The monoisotopic (exact) mass is 356 g/mol. The van der Waals surface area contributed by atoms with Crippen LogP contribution in [0.2, 0.25) is 5.02 Å². The molecule has 0 aliphatic carbocycles. The number of cyclic esters (lactones) is 1. The number of ketones is 1. The standard InChI is InChI=1S/C19H13ClO5/c1-11(18(22)12-6-8-13(20)9-7-12)24-17(21)10-16-14-4-2-3-5-15(14)19(23)25-16/h2-11H,1H3/b16-10-/t11-/m0/s1. The summed E-state index contributed by atoms with van der Waals surface area (Å²) in [7, 11) is 0. The van der Waals surface area contributed by atoms with Gasteiger partial charge in [0, 0.05) is 16.1 Å². The van der Waals surface area contributed by atoms with Crippen molar-refractivity contribution in [2.45, 2.75) is 13.0 Å². The molecule has 0 saturated heterocycles. The Bertz CT molecular complexity index is 883. The average Bonchev–Trinajstić information content (AvgIpc) is 2.91. The Labute approximate surface area is 148 Å². The highest BCUT2D eigenvalue weighted by molar-refractivity contribution is 6.30. The lowest BCUT2D eigenvalue weighted by molar-refractivity contribution is -0.140. The molecule has 1 aliphatic rings. The van der Waals surface area contributed by atoms with E-state index in [0.29, 0.717) is 21.7 Å². The van der Waals surface area contributed by atoms with Crippen LogP contribution in [-0.4, -0.2) is 23.8 Å². The van der Waals surface area contributed by atoms with Crippen molar-refractivity contribution in [2.75, 3.05) is 0 Å². The van der Waals surface area contributed by atoms with Crippen molar-refractivity contribution in [3.63, 3.8) is 0 Å². The van der Waals surface area contributed by atoms with Gasteiger partial charge in [-0.15, -0.1) is 0 Å². The summed E-state index contributed by atoms with van der Waals surface area (Å²) in [5.74, 6) is -1.54. The Morgan fingerprint density at radius 2 is 1.72 bits per heavy atom. The first kappa shape index (κ1) is 16.9. The van der Waals surface area contributed by atoms with Crippen LogP contribution in [0.15, 0.2) is 54.6 Å². The van der Waals surface area contributed by atoms with Crippen molar-refractivity contribution < 1.29 is 23.9 Å². The molecular formula is C19H13ClO5. The molecule has 1 heterocycles. The third-order valence-electron chi connectivity index (χ3n) is 3.65. The molecule has 25 heavy (non-hydrogen) atoms. The van der Waals surface area contributed by atoms with E-state index in [4.69, 9.17) is 21.1 Å². The zero-order valence-electron chi connectivity index (χ0n) is 13.2. The Balaban J connectivity index is 1.71. The molecule has 2 aromatic carbocycles.